The van der Waals surface area contributed by atoms with E-state index in [1.54, 1.807) is 7.05 Å². The Hall–Kier alpha value is -2.10. The Morgan fingerprint density at radius 1 is 1.44 bits per heavy atom. The Balaban J connectivity index is 2.48. The minimum absolute atomic E-state index is 0.245. The van der Waals surface area contributed by atoms with Gasteiger partial charge in [0.2, 0.25) is 0 Å². The lowest BCUT2D eigenvalue weighted by molar-refractivity contribution is 0.0959. The molecule has 82 valence electrons. The molecule has 0 fully saturated rings. The van der Waals surface area contributed by atoms with E-state index in [2.05, 4.69) is 10.3 Å². The summed E-state index contributed by atoms with van der Waals surface area (Å²) < 4.78 is 5.26. The van der Waals surface area contributed by atoms with Crippen molar-refractivity contribution in [2.45, 2.75) is 6.92 Å². The average Bonchev–Trinajstić information content (AvgIpc) is 2.77. The third-order valence-electron chi connectivity index (χ3n) is 2.29. The van der Waals surface area contributed by atoms with Crippen LogP contribution in [0.3, 0.4) is 0 Å². The summed E-state index contributed by atoms with van der Waals surface area (Å²) in [5, 5.41) is 2.53. The van der Waals surface area contributed by atoms with E-state index in [0.717, 1.165) is 11.1 Å². The number of carbonyl (C=O) groups excluding carboxylic acids is 1. The second-order valence-electron chi connectivity index (χ2n) is 3.48. The van der Waals surface area contributed by atoms with Gasteiger partial charge >= 0.3 is 0 Å². The van der Waals surface area contributed by atoms with Crippen molar-refractivity contribution in [1.29, 1.82) is 0 Å². The van der Waals surface area contributed by atoms with Crippen molar-refractivity contribution < 1.29 is 9.21 Å². The molecule has 16 heavy (non-hydrogen) atoms. The highest BCUT2D eigenvalue weighted by Gasteiger charge is 2.16. The van der Waals surface area contributed by atoms with Crippen LogP contribution in [-0.2, 0) is 0 Å². The van der Waals surface area contributed by atoms with E-state index in [0.29, 0.717) is 11.5 Å². The van der Waals surface area contributed by atoms with Crippen molar-refractivity contribution >= 4 is 5.91 Å². The molecule has 4 heteroatoms. The van der Waals surface area contributed by atoms with Gasteiger partial charge in [0, 0.05) is 12.6 Å². The first-order chi connectivity index (χ1) is 7.72. The number of hydrogen-bond donors (Lipinski definition) is 1. The first kappa shape index (κ1) is 10.4. The van der Waals surface area contributed by atoms with E-state index in [4.69, 9.17) is 4.42 Å². The molecule has 0 saturated heterocycles. The fourth-order valence-electron chi connectivity index (χ4n) is 1.52. The third-order valence-corrected chi connectivity index (χ3v) is 2.29. The molecule has 0 aliphatic carbocycles. The molecule has 1 aromatic heterocycles. The van der Waals surface area contributed by atoms with Crippen molar-refractivity contribution in [2.75, 3.05) is 7.05 Å². The molecular weight excluding hydrogens is 204 g/mol. The zero-order chi connectivity index (χ0) is 11.5. The van der Waals surface area contributed by atoms with Gasteiger partial charge in [0.25, 0.3) is 5.91 Å². The molecule has 0 unspecified atom stereocenters. The van der Waals surface area contributed by atoms with E-state index < -0.39 is 0 Å². The van der Waals surface area contributed by atoms with Gasteiger partial charge in [0.1, 0.15) is 0 Å². The van der Waals surface area contributed by atoms with E-state index in [1.165, 1.54) is 6.39 Å². The molecule has 2 aromatic rings. The van der Waals surface area contributed by atoms with Gasteiger partial charge in [-0.15, -0.1) is 0 Å². The summed E-state index contributed by atoms with van der Waals surface area (Å²) in [6.07, 6.45) is 1.28. The molecule has 4 nitrogen and oxygen atoms in total. The molecule has 1 aromatic carbocycles. The van der Waals surface area contributed by atoms with Crippen LogP contribution in [-0.4, -0.2) is 17.9 Å². The van der Waals surface area contributed by atoms with Gasteiger partial charge < -0.3 is 9.73 Å². The van der Waals surface area contributed by atoms with Crippen LogP contribution in [0.4, 0.5) is 0 Å². The summed E-state index contributed by atoms with van der Waals surface area (Å²) in [7, 11) is 1.57. The zero-order valence-electron chi connectivity index (χ0n) is 9.15. The number of oxazole rings is 1. The summed E-state index contributed by atoms with van der Waals surface area (Å²) in [5.74, 6) is 0.258. The summed E-state index contributed by atoms with van der Waals surface area (Å²) >= 11 is 0. The third kappa shape index (κ3) is 1.82. The number of nitrogens with one attached hydrogen (secondary N) is 1. The molecule has 1 amide bonds. The van der Waals surface area contributed by atoms with Gasteiger partial charge in [-0.1, -0.05) is 23.8 Å². The second kappa shape index (κ2) is 4.18. The zero-order valence-corrected chi connectivity index (χ0v) is 9.15. The molecule has 0 aliphatic rings. The summed E-state index contributed by atoms with van der Waals surface area (Å²) in [4.78, 5) is 15.4. The van der Waals surface area contributed by atoms with E-state index in [9.17, 15) is 4.79 Å². The number of rotatable bonds is 2. The molecule has 1 heterocycles. The minimum atomic E-state index is -0.245. The van der Waals surface area contributed by atoms with Gasteiger partial charge in [-0.25, -0.2) is 4.98 Å². The Morgan fingerprint density at radius 2 is 2.25 bits per heavy atom. The summed E-state index contributed by atoms with van der Waals surface area (Å²) in [5.41, 5.74) is 2.28. The number of aromatic nitrogens is 1. The fraction of sp³-hybridized carbons (Fsp3) is 0.167. The van der Waals surface area contributed by atoms with Crippen molar-refractivity contribution in [3.63, 3.8) is 0 Å². The highest BCUT2D eigenvalue weighted by Crippen LogP contribution is 2.23. The van der Waals surface area contributed by atoms with Crippen molar-refractivity contribution in [3.05, 3.63) is 41.9 Å². The Bertz CT molecular complexity index is 517. The second-order valence-corrected chi connectivity index (χ2v) is 3.48. The molecule has 0 radical (unpaired) electrons. The number of nitrogens with zero attached hydrogens (tertiary/aromatic N) is 1. The van der Waals surface area contributed by atoms with Gasteiger partial charge in [-0.2, -0.15) is 0 Å². The maximum Gasteiger partial charge on any atom is 0.273 e. The molecule has 1 N–H and O–H groups in total. The monoisotopic (exact) mass is 216 g/mol. The molecule has 0 spiro atoms. The van der Waals surface area contributed by atoms with Crippen LogP contribution in [0.25, 0.3) is 11.3 Å². The highest BCUT2D eigenvalue weighted by molar-refractivity contribution is 5.97. The summed E-state index contributed by atoms with van der Waals surface area (Å²) in [6, 6.07) is 7.74. The number of carbonyl (C=O) groups is 1. The predicted molar refractivity (Wildman–Crippen MR) is 60.1 cm³/mol. The number of benzene rings is 1. The van der Waals surface area contributed by atoms with Crippen LogP contribution < -0.4 is 5.32 Å². The molecular formula is C12H12N2O2. The molecule has 0 bridgehead atoms. The lowest BCUT2D eigenvalue weighted by atomic mass is 10.1. The normalized spacial score (nSPS) is 10.1. The van der Waals surface area contributed by atoms with Gasteiger partial charge in [-0.05, 0) is 13.0 Å². The standard InChI is InChI=1S/C12H12N2O2/c1-8-4-3-5-9(6-8)11-10(12(15)13-2)14-7-16-11/h3-7H,1-2H3,(H,13,15). The van der Waals surface area contributed by atoms with Crippen molar-refractivity contribution in [3.8, 4) is 11.3 Å². The van der Waals surface area contributed by atoms with Gasteiger partial charge in [0.15, 0.2) is 17.8 Å². The topological polar surface area (TPSA) is 55.1 Å². The van der Waals surface area contributed by atoms with Crippen LogP contribution in [0.15, 0.2) is 35.1 Å². The lowest BCUT2D eigenvalue weighted by Crippen LogP contribution is -2.18. The maximum atomic E-state index is 11.5. The van der Waals surface area contributed by atoms with Crippen LogP contribution >= 0.6 is 0 Å². The van der Waals surface area contributed by atoms with E-state index in [-0.39, 0.29) is 5.91 Å². The quantitative estimate of drug-likeness (QED) is 0.835. The highest BCUT2D eigenvalue weighted by atomic mass is 16.3. The van der Waals surface area contributed by atoms with Crippen LogP contribution in [0.2, 0.25) is 0 Å². The predicted octanol–water partition coefficient (Wildman–Crippen LogP) is 2.01. The van der Waals surface area contributed by atoms with Crippen molar-refractivity contribution in [1.82, 2.24) is 10.3 Å². The van der Waals surface area contributed by atoms with Gasteiger partial charge in [0.05, 0.1) is 0 Å². The molecule has 0 atom stereocenters. The number of amides is 1. The maximum absolute atomic E-state index is 11.5. The minimum Gasteiger partial charge on any atom is -0.443 e. The van der Waals surface area contributed by atoms with Crippen molar-refractivity contribution in [2.24, 2.45) is 0 Å². The smallest absolute Gasteiger partial charge is 0.273 e. The molecule has 0 aliphatic heterocycles. The Labute approximate surface area is 93.3 Å². The van der Waals surface area contributed by atoms with E-state index >= 15 is 0 Å². The Kier molecular flexibility index (Phi) is 2.72. The largest absolute Gasteiger partial charge is 0.443 e. The first-order valence-electron chi connectivity index (χ1n) is 4.95. The summed E-state index contributed by atoms with van der Waals surface area (Å²) in [6.45, 7) is 1.99. The average molecular weight is 216 g/mol. The first-order valence-corrected chi connectivity index (χ1v) is 4.95. The van der Waals surface area contributed by atoms with Gasteiger partial charge in [-0.3, -0.25) is 4.79 Å². The SMILES string of the molecule is CNC(=O)c1ncoc1-c1cccc(C)c1. The van der Waals surface area contributed by atoms with Crippen LogP contribution in [0.1, 0.15) is 16.1 Å². The number of aryl methyl sites for hydroxylation is 1. The lowest BCUT2D eigenvalue weighted by Gasteiger charge is -2.01. The van der Waals surface area contributed by atoms with E-state index in [1.807, 2.05) is 31.2 Å². The van der Waals surface area contributed by atoms with Crippen LogP contribution in [0.5, 0.6) is 0 Å². The molecule has 2 rings (SSSR count). The molecule has 0 saturated carbocycles. The van der Waals surface area contributed by atoms with Crippen LogP contribution in [0, 0.1) is 6.92 Å². The fourth-order valence-corrected chi connectivity index (χ4v) is 1.52. The number of hydrogen-bond acceptors (Lipinski definition) is 3. The Morgan fingerprint density at radius 3 is 2.94 bits per heavy atom.